The van der Waals surface area contributed by atoms with Gasteiger partial charge in [-0.3, -0.25) is 0 Å². The fraction of sp³-hybridized carbons (Fsp3) is 0.400. The fourth-order valence-electron chi connectivity index (χ4n) is 2.69. The molecule has 2 nitrogen and oxygen atoms in total. The van der Waals surface area contributed by atoms with E-state index in [1.807, 2.05) is 0 Å². The van der Waals surface area contributed by atoms with E-state index in [0.29, 0.717) is 24.4 Å². The van der Waals surface area contributed by atoms with Crippen LogP contribution in [-0.2, 0) is 12.8 Å². The average Bonchev–Trinajstić information content (AvgIpc) is 2.84. The van der Waals surface area contributed by atoms with Gasteiger partial charge in [-0.15, -0.1) is 11.3 Å². The van der Waals surface area contributed by atoms with Gasteiger partial charge in [0.05, 0.1) is 10.7 Å². The van der Waals surface area contributed by atoms with Gasteiger partial charge in [-0.1, -0.05) is 6.07 Å². The zero-order valence-electron chi connectivity index (χ0n) is 11.0. The van der Waals surface area contributed by atoms with Crippen LogP contribution in [0.25, 0.3) is 0 Å². The largest absolute Gasteiger partial charge is 0.330 e. The highest BCUT2D eigenvalue weighted by Gasteiger charge is 2.23. The van der Waals surface area contributed by atoms with Gasteiger partial charge in [0, 0.05) is 29.8 Å². The second-order valence-electron chi connectivity index (χ2n) is 5.15. The van der Waals surface area contributed by atoms with Gasteiger partial charge in [0.2, 0.25) is 0 Å². The molecule has 0 spiro atoms. The van der Waals surface area contributed by atoms with Gasteiger partial charge in [0.25, 0.3) is 0 Å². The summed E-state index contributed by atoms with van der Waals surface area (Å²) in [5, 5.41) is 0.890. The second-order valence-corrected chi connectivity index (χ2v) is 6.32. The summed E-state index contributed by atoms with van der Waals surface area (Å²) in [5.41, 5.74) is 7.37. The Morgan fingerprint density at radius 1 is 1.35 bits per heavy atom. The molecular weight excluding hydrogens is 278 g/mol. The van der Waals surface area contributed by atoms with E-state index in [1.165, 1.54) is 17.0 Å². The van der Waals surface area contributed by atoms with Gasteiger partial charge in [-0.05, 0) is 30.9 Å². The van der Waals surface area contributed by atoms with Gasteiger partial charge in [-0.25, -0.2) is 13.8 Å². The average molecular weight is 294 g/mol. The molecule has 2 N–H and O–H groups in total. The lowest BCUT2D eigenvalue weighted by atomic mass is 9.91. The lowest BCUT2D eigenvalue weighted by Crippen LogP contribution is -2.17. The van der Waals surface area contributed by atoms with E-state index < -0.39 is 11.6 Å². The standard InChI is InChI=1S/C15H16F2N2S/c16-11-5-4-9(12(17)7-11)6-14-19-15-10(8-18)2-1-3-13(15)20-14/h4-5,7,10H,1-3,6,8,18H2. The summed E-state index contributed by atoms with van der Waals surface area (Å²) in [5.74, 6) is -0.719. The molecule has 0 fully saturated rings. The number of thiazole rings is 1. The van der Waals surface area contributed by atoms with Crippen molar-refractivity contribution in [2.75, 3.05) is 6.54 Å². The van der Waals surface area contributed by atoms with Crippen LogP contribution in [0.4, 0.5) is 8.78 Å². The molecule has 0 aliphatic heterocycles. The van der Waals surface area contributed by atoms with Gasteiger partial charge >= 0.3 is 0 Å². The molecule has 1 aromatic heterocycles. The molecule has 0 amide bonds. The highest BCUT2D eigenvalue weighted by Crippen LogP contribution is 2.34. The summed E-state index contributed by atoms with van der Waals surface area (Å²) in [6, 6.07) is 3.70. The molecule has 1 aliphatic rings. The molecule has 1 aliphatic carbocycles. The molecule has 0 saturated carbocycles. The van der Waals surface area contributed by atoms with Crippen molar-refractivity contribution in [2.24, 2.45) is 5.73 Å². The first-order chi connectivity index (χ1) is 9.67. The Balaban J connectivity index is 1.87. The van der Waals surface area contributed by atoms with Crippen LogP contribution in [0.5, 0.6) is 0 Å². The lowest BCUT2D eigenvalue weighted by Gasteiger charge is -2.18. The second kappa shape index (κ2) is 5.58. The van der Waals surface area contributed by atoms with Crippen molar-refractivity contribution in [1.29, 1.82) is 0 Å². The maximum Gasteiger partial charge on any atom is 0.129 e. The highest BCUT2D eigenvalue weighted by atomic mass is 32.1. The van der Waals surface area contributed by atoms with E-state index >= 15 is 0 Å². The zero-order valence-corrected chi connectivity index (χ0v) is 11.9. The lowest BCUT2D eigenvalue weighted by molar-refractivity contribution is 0.552. The number of benzene rings is 1. The van der Waals surface area contributed by atoms with Gasteiger partial charge in [0.1, 0.15) is 11.6 Å². The topological polar surface area (TPSA) is 38.9 Å². The summed E-state index contributed by atoms with van der Waals surface area (Å²) in [6.45, 7) is 0.612. The predicted octanol–water partition coefficient (Wildman–Crippen LogP) is 3.39. The van der Waals surface area contributed by atoms with Crippen LogP contribution in [0.3, 0.4) is 0 Å². The first-order valence-electron chi connectivity index (χ1n) is 6.80. The molecule has 0 radical (unpaired) electrons. The predicted molar refractivity (Wildman–Crippen MR) is 76.0 cm³/mol. The van der Waals surface area contributed by atoms with Crippen LogP contribution in [0.15, 0.2) is 18.2 Å². The summed E-state index contributed by atoms with van der Waals surface area (Å²) >= 11 is 1.64. The Morgan fingerprint density at radius 2 is 2.20 bits per heavy atom. The third-order valence-corrected chi connectivity index (χ3v) is 4.89. The van der Waals surface area contributed by atoms with Crippen LogP contribution in [-0.4, -0.2) is 11.5 Å². The van der Waals surface area contributed by atoms with E-state index in [0.717, 1.165) is 36.0 Å². The Bertz CT molecular complexity index is 624. The maximum absolute atomic E-state index is 13.7. The van der Waals surface area contributed by atoms with Crippen molar-refractivity contribution < 1.29 is 8.78 Å². The quantitative estimate of drug-likeness (QED) is 0.942. The van der Waals surface area contributed by atoms with Crippen LogP contribution in [0.1, 0.15) is 39.9 Å². The summed E-state index contributed by atoms with van der Waals surface area (Å²) in [7, 11) is 0. The van der Waals surface area contributed by atoms with Crippen molar-refractivity contribution in [3.63, 3.8) is 0 Å². The smallest absolute Gasteiger partial charge is 0.129 e. The first-order valence-corrected chi connectivity index (χ1v) is 7.61. The molecule has 2 aromatic rings. The number of halogens is 2. The monoisotopic (exact) mass is 294 g/mol. The Morgan fingerprint density at radius 3 is 2.95 bits per heavy atom. The molecular formula is C15H16F2N2S. The van der Waals surface area contributed by atoms with Crippen LogP contribution >= 0.6 is 11.3 Å². The fourth-order valence-corrected chi connectivity index (χ4v) is 3.91. The molecule has 3 rings (SSSR count). The van der Waals surface area contributed by atoms with Crippen molar-refractivity contribution in [2.45, 2.75) is 31.6 Å². The number of aryl methyl sites for hydroxylation is 1. The Hall–Kier alpha value is -1.33. The number of hydrogen-bond donors (Lipinski definition) is 1. The van der Waals surface area contributed by atoms with Gasteiger partial charge in [-0.2, -0.15) is 0 Å². The molecule has 1 unspecified atom stereocenters. The molecule has 5 heteroatoms. The van der Waals surface area contributed by atoms with Crippen molar-refractivity contribution in [3.05, 3.63) is 51.0 Å². The highest BCUT2D eigenvalue weighted by molar-refractivity contribution is 7.11. The molecule has 1 aromatic carbocycles. The van der Waals surface area contributed by atoms with Crippen LogP contribution < -0.4 is 5.73 Å². The maximum atomic E-state index is 13.7. The summed E-state index contributed by atoms with van der Waals surface area (Å²) in [6.07, 6.45) is 3.68. The number of hydrogen-bond acceptors (Lipinski definition) is 3. The van der Waals surface area contributed by atoms with E-state index in [9.17, 15) is 8.78 Å². The first kappa shape index (κ1) is 13.6. The molecule has 0 bridgehead atoms. The van der Waals surface area contributed by atoms with E-state index in [-0.39, 0.29) is 0 Å². The SMILES string of the molecule is NCC1CCCc2sc(Cc3ccc(F)cc3F)nc21. The molecule has 1 atom stereocenters. The summed E-state index contributed by atoms with van der Waals surface area (Å²) in [4.78, 5) is 5.92. The third kappa shape index (κ3) is 2.60. The minimum atomic E-state index is -0.548. The molecule has 0 saturated heterocycles. The van der Waals surface area contributed by atoms with Crippen LogP contribution in [0, 0.1) is 11.6 Å². The van der Waals surface area contributed by atoms with E-state index in [2.05, 4.69) is 4.98 Å². The number of aromatic nitrogens is 1. The van der Waals surface area contributed by atoms with Gasteiger partial charge < -0.3 is 5.73 Å². The Kier molecular flexibility index (Phi) is 3.81. The number of fused-ring (bicyclic) bond motifs is 1. The number of nitrogens with two attached hydrogens (primary N) is 1. The number of rotatable bonds is 3. The van der Waals surface area contributed by atoms with Crippen molar-refractivity contribution >= 4 is 11.3 Å². The minimum absolute atomic E-state index is 0.335. The van der Waals surface area contributed by atoms with Crippen molar-refractivity contribution in [3.8, 4) is 0 Å². The molecule has 106 valence electrons. The minimum Gasteiger partial charge on any atom is -0.330 e. The van der Waals surface area contributed by atoms with E-state index in [1.54, 1.807) is 11.3 Å². The Labute approximate surface area is 120 Å². The van der Waals surface area contributed by atoms with Crippen LogP contribution in [0.2, 0.25) is 0 Å². The molecule has 20 heavy (non-hydrogen) atoms. The normalized spacial score (nSPS) is 18.1. The van der Waals surface area contributed by atoms with E-state index in [4.69, 9.17) is 5.73 Å². The summed E-state index contributed by atoms with van der Waals surface area (Å²) < 4.78 is 26.6. The zero-order chi connectivity index (χ0) is 14.1. The third-order valence-electron chi connectivity index (χ3n) is 3.76. The number of nitrogens with zero attached hydrogens (tertiary/aromatic N) is 1. The van der Waals surface area contributed by atoms with Crippen molar-refractivity contribution in [1.82, 2.24) is 4.98 Å². The molecule has 1 heterocycles. The van der Waals surface area contributed by atoms with Gasteiger partial charge in [0.15, 0.2) is 0 Å².